The van der Waals surface area contributed by atoms with Crippen molar-refractivity contribution in [1.82, 2.24) is 5.32 Å². The highest BCUT2D eigenvalue weighted by Crippen LogP contribution is 2.30. The predicted molar refractivity (Wildman–Crippen MR) is 58.6 cm³/mol. The molecule has 0 unspecified atom stereocenters. The maximum absolute atomic E-state index is 2.75. The van der Waals surface area contributed by atoms with Crippen LogP contribution in [0, 0.1) is 5.41 Å². The summed E-state index contributed by atoms with van der Waals surface area (Å²) in [6.45, 7) is 9.23. The van der Waals surface area contributed by atoms with Crippen molar-refractivity contribution in [2.45, 2.75) is 53.4 Å². The van der Waals surface area contributed by atoms with Crippen molar-refractivity contribution in [1.29, 1.82) is 0 Å². The van der Waals surface area contributed by atoms with Crippen LogP contribution < -0.4 is 5.32 Å². The standard InChI is InChI=1S/C9H20.C2H7N/c1-5-8-9(4,6-2)7-3;1-3-2/h5-8H2,1-4H3;3H,1-2H3. The van der Waals surface area contributed by atoms with Gasteiger partial charge in [0.15, 0.2) is 0 Å². The summed E-state index contributed by atoms with van der Waals surface area (Å²) in [4.78, 5) is 0. The van der Waals surface area contributed by atoms with Gasteiger partial charge in [0.2, 0.25) is 0 Å². The minimum atomic E-state index is 0.634. The molecule has 0 aromatic rings. The van der Waals surface area contributed by atoms with E-state index in [1.54, 1.807) is 0 Å². The van der Waals surface area contributed by atoms with E-state index in [0.29, 0.717) is 5.41 Å². The lowest BCUT2D eigenvalue weighted by atomic mass is 9.81. The average molecular weight is 173 g/mol. The zero-order valence-electron chi connectivity index (χ0n) is 9.83. The van der Waals surface area contributed by atoms with Gasteiger partial charge in [0, 0.05) is 0 Å². The van der Waals surface area contributed by atoms with Crippen LogP contribution in [0.2, 0.25) is 0 Å². The molecule has 1 heteroatoms. The minimum Gasteiger partial charge on any atom is -0.323 e. The van der Waals surface area contributed by atoms with Crippen LogP contribution in [-0.4, -0.2) is 14.1 Å². The Morgan fingerprint density at radius 2 is 1.33 bits per heavy atom. The first-order valence-corrected chi connectivity index (χ1v) is 5.18. The molecule has 0 aliphatic heterocycles. The summed E-state index contributed by atoms with van der Waals surface area (Å²) < 4.78 is 0. The highest BCUT2D eigenvalue weighted by Gasteiger charge is 2.16. The summed E-state index contributed by atoms with van der Waals surface area (Å²) in [6.07, 6.45) is 5.38. The van der Waals surface area contributed by atoms with Crippen LogP contribution in [-0.2, 0) is 0 Å². The molecule has 0 spiro atoms. The fourth-order valence-electron chi connectivity index (χ4n) is 1.21. The third-order valence-electron chi connectivity index (χ3n) is 2.56. The van der Waals surface area contributed by atoms with Crippen molar-refractivity contribution in [2.24, 2.45) is 5.41 Å². The van der Waals surface area contributed by atoms with E-state index in [9.17, 15) is 0 Å². The van der Waals surface area contributed by atoms with Gasteiger partial charge in [0.05, 0.1) is 0 Å². The maximum atomic E-state index is 2.75. The highest BCUT2D eigenvalue weighted by molar-refractivity contribution is 4.69. The first-order valence-electron chi connectivity index (χ1n) is 5.18. The van der Waals surface area contributed by atoms with Gasteiger partial charge < -0.3 is 5.32 Å². The van der Waals surface area contributed by atoms with E-state index in [0.717, 1.165) is 0 Å². The molecular weight excluding hydrogens is 146 g/mol. The van der Waals surface area contributed by atoms with Gasteiger partial charge in [0.1, 0.15) is 0 Å². The highest BCUT2D eigenvalue weighted by atomic mass is 14.7. The van der Waals surface area contributed by atoms with Gasteiger partial charge in [-0.1, -0.05) is 47.0 Å². The van der Waals surface area contributed by atoms with Crippen molar-refractivity contribution in [2.75, 3.05) is 14.1 Å². The SMILES string of the molecule is CCCC(C)(CC)CC.CNC. The van der Waals surface area contributed by atoms with E-state index < -0.39 is 0 Å². The van der Waals surface area contributed by atoms with Crippen LogP contribution >= 0.6 is 0 Å². The van der Waals surface area contributed by atoms with E-state index >= 15 is 0 Å². The molecule has 0 heterocycles. The Labute approximate surface area is 78.9 Å². The Morgan fingerprint density at radius 3 is 1.42 bits per heavy atom. The Hall–Kier alpha value is -0.0400. The van der Waals surface area contributed by atoms with Crippen molar-refractivity contribution >= 4 is 0 Å². The zero-order chi connectivity index (χ0) is 10.0. The molecule has 0 rings (SSSR count). The van der Waals surface area contributed by atoms with Gasteiger partial charge >= 0.3 is 0 Å². The minimum absolute atomic E-state index is 0.634. The molecule has 0 aromatic heterocycles. The fourth-order valence-corrected chi connectivity index (χ4v) is 1.21. The van der Waals surface area contributed by atoms with Gasteiger partial charge in [-0.05, 0) is 25.9 Å². The quantitative estimate of drug-likeness (QED) is 0.686. The molecule has 0 aliphatic rings. The van der Waals surface area contributed by atoms with Crippen molar-refractivity contribution in [3.8, 4) is 0 Å². The summed E-state index contributed by atoms with van der Waals surface area (Å²) in [7, 11) is 3.75. The van der Waals surface area contributed by atoms with Crippen molar-refractivity contribution in [3.63, 3.8) is 0 Å². The van der Waals surface area contributed by atoms with Crippen LogP contribution in [0.4, 0.5) is 0 Å². The van der Waals surface area contributed by atoms with Gasteiger partial charge in [-0.15, -0.1) is 0 Å². The molecule has 0 atom stereocenters. The summed E-state index contributed by atoms with van der Waals surface area (Å²) in [5.74, 6) is 0. The maximum Gasteiger partial charge on any atom is -0.0167 e. The first-order chi connectivity index (χ1) is 5.60. The largest absolute Gasteiger partial charge is 0.323 e. The predicted octanol–water partition coefficient (Wildman–Crippen LogP) is 3.45. The second kappa shape index (κ2) is 9.05. The monoisotopic (exact) mass is 173 g/mol. The molecule has 0 radical (unpaired) electrons. The average Bonchev–Trinajstić information content (AvgIpc) is 2.06. The van der Waals surface area contributed by atoms with E-state index in [4.69, 9.17) is 0 Å². The van der Waals surface area contributed by atoms with E-state index in [2.05, 4.69) is 33.0 Å². The number of nitrogens with one attached hydrogen (secondary N) is 1. The molecule has 0 saturated heterocycles. The topological polar surface area (TPSA) is 12.0 Å². The second-order valence-corrected chi connectivity index (χ2v) is 3.77. The molecule has 12 heavy (non-hydrogen) atoms. The summed E-state index contributed by atoms with van der Waals surface area (Å²) in [5.41, 5.74) is 0.634. The molecule has 0 amide bonds. The van der Waals surface area contributed by atoms with Crippen molar-refractivity contribution in [3.05, 3.63) is 0 Å². The molecule has 0 aliphatic carbocycles. The van der Waals surface area contributed by atoms with Gasteiger partial charge in [-0.25, -0.2) is 0 Å². The fraction of sp³-hybridized carbons (Fsp3) is 1.00. The molecule has 0 aromatic carbocycles. The van der Waals surface area contributed by atoms with Crippen LogP contribution in [0.15, 0.2) is 0 Å². The molecule has 1 nitrogen and oxygen atoms in total. The summed E-state index contributed by atoms with van der Waals surface area (Å²) >= 11 is 0. The van der Waals surface area contributed by atoms with E-state index in [1.807, 2.05) is 14.1 Å². The normalized spacial score (nSPS) is 10.5. The smallest absolute Gasteiger partial charge is 0.0167 e. The third-order valence-corrected chi connectivity index (χ3v) is 2.56. The van der Waals surface area contributed by atoms with Crippen LogP contribution in [0.5, 0.6) is 0 Å². The Kier molecular flexibility index (Phi) is 10.9. The number of rotatable bonds is 4. The Balaban J connectivity index is 0. The van der Waals surface area contributed by atoms with Crippen molar-refractivity contribution < 1.29 is 0 Å². The molecular formula is C11H27N. The zero-order valence-corrected chi connectivity index (χ0v) is 9.83. The number of hydrogen-bond acceptors (Lipinski definition) is 1. The lowest BCUT2D eigenvalue weighted by Crippen LogP contribution is -2.12. The lowest BCUT2D eigenvalue weighted by molar-refractivity contribution is 0.270. The molecule has 0 fully saturated rings. The molecule has 76 valence electrons. The second-order valence-electron chi connectivity index (χ2n) is 3.77. The summed E-state index contributed by atoms with van der Waals surface area (Å²) in [5, 5.41) is 2.75. The van der Waals surface area contributed by atoms with Gasteiger partial charge in [0.25, 0.3) is 0 Å². The van der Waals surface area contributed by atoms with Gasteiger partial charge in [-0.2, -0.15) is 0 Å². The first kappa shape index (κ1) is 14.5. The van der Waals surface area contributed by atoms with E-state index in [1.165, 1.54) is 25.7 Å². The van der Waals surface area contributed by atoms with Crippen LogP contribution in [0.1, 0.15) is 53.4 Å². The Bertz CT molecular complexity index is 75.1. The molecule has 0 bridgehead atoms. The lowest BCUT2D eigenvalue weighted by Gasteiger charge is -2.25. The third kappa shape index (κ3) is 8.06. The number of hydrogen-bond donors (Lipinski definition) is 1. The molecule has 0 saturated carbocycles. The van der Waals surface area contributed by atoms with E-state index in [-0.39, 0.29) is 0 Å². The summed E-state index contributed by atoms with van der Waals surface area (Å²) in [6, 6.07) is 0. The van der Waals surface area contributed by atoms with Gasteiger partial charge in [-0.3, -0.25) is 0 Å². The van der Waals surface area contributed by atoms with Crippen LogP contribution in [0.25, 0.3) is 0 Å². The Morgan fingerprint density at radius 1 is 1.00 bits per heavy atom. The van der Waals surface area contributed by atoms with Crippen LogP contribution in [0.3, 0.4) is 0 Å². The molecule has 1 N–H and O–H groups in total.